The molecule has 0 aliphatic carbocycles. The molecule has 25 heavy (non-hydrogen) atoms. The zero-order chi connectivity index (χ0) is 18.0. The van der Waals surface area contributed by atoms with Crippen LogP contribution in [0.25, 0.3) is 0 Å². The molecular weight excluding hydrogens is 308 g/mol. The van der Waals surface area contributed by atoms with Gasteiger partial charge in [0.1, 0.15) is 5.75 Å². The van der Waals surface area contributed by atoms with E-state index in [9.17, 15) is 0 Å². The van der Waals surface area contributed by atoms with Crippen molar-refractivity contribution in [1.29, 1.82) is 0 Å². The molecule has 134 valence electrons. The summed E-state index contributed by atoms with van der Waals surface area (Å²) in [6, 6.07) is 15.1. The topological polar surface area (TPSA) is 15.7 Å². The highest BCUT2D eigenvalue weighted by atomic mass is 16.5. The Hall–Kier alpha value is -2.16. The number of methoxy groups -OCH3 is 1. The molecule has 0 bridgehead atoms. The standard InChI is InChI=1S/C22H30N2O/c1-16(2)18-9-8-10-19(17(3)4)22(18)24-14-13-23(15-24)20-11-6-7-12-21(20)25-5/h6-12,16-17H,13-15H2,1-5H3. The SMILES string of the molecule is COc1ccccc1N1CCN(c2c(C(C)C)cccc2C(C)C)C1. The summed E-state index contributed by atoms with van der Waals surface area (Å²) in [5, 5.41) is 0. The number of rotatable bonds is 5. The summed E-state index contributed by atoms with van der Waals surface area (Å²) in [6.45, 7) is 12.1. The van der Waals surface area contributed by atoms with E-state index in [1.54, 1.807) is 7.11 Å². The molecule has 1 heterocycles. The fourth-order valence-electron chi connectivity index (χ4n) is 3.74. The molecule has 0 N–H and O–H groups in total. The number of hydrogen-bond acceptors (Lipinski definition) is 3. The van der Waals surface area contributed by atoms with Gasteiger partial charge in [-0.05, 0) is 35.1 Å². The van der Waals surface area contributed by atoms with Crippen molar-refractivity contribution in [3.05, 3.63) is 53.6 Å². The van der Waals surface area contributed by atoms with Gasteiger partial charge in [0.2, 0.25) is 0 Å². The zero-order valence-corrected chi connectivity index (χ0v) is 16.1. The van der Waals surface area contributed by atoms with Gasteiger partial charge in [0.05, 0.1) is 19.5 Å². The van der Waals surface area contributed by atoms with Crippen LogP contribution < -0.4 is 14.5 Å². The van der Waals surface area contributed by atoms with E-state index < -0.39 is 0 Å². The molecule has 0 aromatic heterocycles. The van der Waals surface area contributed by atoms with E-state index in [2.05, 4.69) is 67.8 Å². The van der Waals surface area contributed by atoms with E-state index in [0.717, 1.165) is 25.5 Å². The van der Waals surface area contributed by atoms with Crippen LogP contribution in [-0.4, -0.2) is 26.9 Å². The summed E-state index contributed by atoms with van der Waals surface area (Å²) in [4.78, 5) is 4.96. The molecule has 1 aliphatic rings. The van der Waals surface area contributed by atoms with Crippen LogP contribution in [0.1, 0.15) is 50.7 Å². The Labute approximate surface area is 152 Å². The summed E-state index contributed by atoms with van der Waals surface area (Å²) < 4.78 is 5.56. The molecule has 1 aliphatic heterocycles. The van der Waals surface area contributed by atoms with Crippen molar-refractivity contribution < 1.29 is 4.74 Å². The summed E-state index contributed by atoms with van der Waals surface area (Å²) in [7, 11) is 1.75. The van der Waals surface area contributed by atoms with Crippen molar-refractivity contribution in [1.82, 2.24) is 0 Å². The Kier molecular flexibility index (Phi) is 5.22. The molecule has 0 radical (unpaired) electrons. The largest absolute Gasteiger partial charge is 0.495 e. The van der Waals surface area contributed by atoms with Crippen molar-refractivity contribution >= 4 is 11.4 Å². The highest BCUT2D eigenvalue weighted by molar-refractivity contribution is 5.66. The Morgan fingerprint density at radius 3 is 2.00 bits per heavy atom. The summed E-state index contributed by atoms with van der Waals surface area (Å²) in [5.41, 5.74) is 5.52. The maximum absolute atomic E-state index is 5.56. The third-order valence-electron chi connectivity index (χ3n) is 5.07. The lowest BCUT2D eigenvalue weighted by Gasteiger charge is -2.29. The third-order valence-corrected chi connectivity index (χ3v) is 5.07. The molecule has 1 saturated heterocycles. The van der Waals surface area contributed by atoms with Gasteiger partial charge in [-0.3, -0.25) is 0 Å². The normalized spacial score (nSPS) is 14.7. The average Bonchev–Trinajstić information content (AvgIpc) is 3.10. The molecule has 3 heteroatoms. The lowest BCUT2D eigenvalue weighted by molar-refractivity contribution is 0.415. The number of ether oxygens (including phenoxy) is 1. The maximum Gasteiger partial charge on any atom is 0.142 e. The van der Waals surface area contributed by atoms with Gasteiger partial charge in [0.25, 0.3) is 0 Å². The van der Waals surface area contributed by atoms with Crippen molar-refractivity contribution in [2.45, 2.75) is 39.5 Å². The van der Waals surface area contributed by atoms with Gasteiger partial charge in [0, 0.05) is 18.8 Å². The van der Waals surface area contributed by atoms with Gasteiger partial charge >= 0.3 is 0 Å². The first kappa shape index (κ1) is 17.7. The fraction of sp³-hybridized carbons (Fsp3) is 0.455. The third kappa shape index (κ3) is 3.46. The minimum absolute atomic E-state index is 0.522. The molecule has 0 atom stereocenters. The Morgan fingerprint density at radius 1 is 0.800 bits per heavy atom. The Morgan fingerprint density at radius 2 is 1.40 bits per heavy atom. The summed E-state index contributed by atoms with van der Waals surface area (Å²) >= 11 is 0. The molecule has 3 rings (SSSR count). The number of nitrogens with zero attached hydrogens (tertiary/aromatic N) is 2. The predicted octanol–water partition coefficient (Wildman–Crippen LogP) is 5.23. The quantitative estimate of drug-likeness (QED) is 0.743. The van der Waals surface area contributed by atoms with E-state index in [1.165, 1.54) is 22.5 Å². The van der Waals surface area contributed by atoms with Gasteiger partial charge in [-0.2, -0.15) is 0 Å². The molecule has 0 spiro atoms. The number of benzene rings is 2. The van der Waals surface area contributed by atoms with Crippen LogP contribution >= 0.6 is 0 Å². The van der Waals surface area contributed by atoms with Crippen LogP contribution in [0, 0.1) is 0 Å². The smallest absolute Gasteiger partial charge is 0.142 e. The Bertz CT molecular complexity index is 697. The van der Waals surface area contributed by atoms with Crippen LogP contribution in [-0.2, 0) is 0 Å². The second-order valence-corrected chi connectivity index (χ2v) is 7.43. The van der Waals surface area contributed by atoms with Gasteiger partial charge in [-0.15, -0.1) is 0 Å². The van der Waals surface area contributed by atoms with E-state index >= 15 is 0 Å². The fourth-order valence-corrected chi connectivity index (χ4v) is 3.74. The molecule has 0 unspecified atom stereocenters. The van der Waals surface area contributed by atoms with E-state index in [1.807, 2.05) is 12.1 Å². The molecule has 2 aromatic rings. The lowest BCUT2D eigenvalue weighted by atomic mass is 9.92. The maximum atomic E-state index is 5.56. The number of hydrogen-bond donors (Lipinski definition) is 0. The average molecular weight is 338 g/mol. The van der Waals surface area contributed by atoms with Crippen LogP contribution in [0.5, 0.6) is 5.75 Å². The van der Waals surface area contributed by atoms with E-state index in [0.29, 0.717) is 11.8 Å². The molecule has 0 amide bonds. The monoisotopic (exact) mass is 338 g/mol. The van der Waals surface area contributed by atoms with Crippen molar-refractivity contribution in [3.63, 3.8) is 0 Å². The van der Waals surface area contributed by atoms with Crippen molar-refractivity contribution in [3.8, 4) is 5.75 Å². The molecule has 3 nitrogen and oxygen atoms in total. The Balaban J connectivity index is 1.94. The minimum Gasteiger partial charge on any atom is -0.495 e. The van der Waals surface area contributed by atoms with Gasteiger partial charge in [-0.25, -0.2) is 0 Å². The number of para-hydroxylation sites is 3. The molecule has 0 saturated carbocycles. The molecule has 1 fully saturated rings. The van der Waals surface area contributed by atoms with Gasteiger partial charge in [-0.1, -0.05) is 58.0 Å². The van der Waals surface area contributed by atoms with Gasteiger partial charge < -0.3 is 14.5 Å². The van der Waals surface area contributed by atoms with Crippen LogP contribution in [0.3, 0.4) is 0 Å². The van der Waals surface area contributed by atoms with Crippen LogP contribution in [0.2, 0.25) is 0 Å². The van der Waals surface area contributed by atoms with Crippen molar-refractivity contribution in [2.24, 2.45) is 0 Å². The van der Waals surface area contributed by atoms with E-state index in [4.69, 9.17) is 4.74 Å². The van der Waals surface area contributed by atoms with Crippen LogP contribution in [0.15, 0.2) is 42.5 Å². The highest BCUT2D eigenvalue weighted by Crippen LogP contribution is 2.38. The first-order valence-electron chi connectivity index (χ1n) is 9.28. The first-order chi connectivity index (χ1) is 12.0. The zero-order valence-electron chi connectivity index (χ0n) is 16.1. The van der Waals surface area contributed by atoms with Crippen LogP contribution in [0.4, 0.5) is 11.4 Å². The second kappa shape index (κ2) is 7.38. The first-order valence-corrected chi connectivity index (χ1v) is 9.28. The van der Waals surface area contributed by atoms with Gasteiger partial charge in [0.15, 0.2) is 0 Å². The minimum atomic E-state index is 0.522. The predicted molar refractivity (Wildman–Crippen MR) is 107 cm³/mol. The summed E-state index contributed by atoms with van der Waals surface area (Å²) in [6.07, 6.45) is 0. The lowest BCUT2D eigenvalue weighted by Crippen LogP contribution is -2.27. The second-order valence-electron chi connectivity index (χ2n) is 7.43. The molecular formula is C22H30N2O. The molecule has 2 aromatic carbocycles. The summed E-state index contributed by atoms with van der Waals surface area (Å²) in [5.74, 6) is 1.99. The highest BCUT2D eigenvalue weighted by Gasteiger charge is 2.27. The van der Waals surface area contributed by atoms with E-state index in [-0.39, 0.29) is 0 Å². The van der Waals surface area contributed by atoms with Crippen molar-refractivity contribution in [2.75, 3.05) is 36.7 Å². The number of anilines is 2.